The SMILES string of the molecule is C=CCC(C)C(C)/C=C/COC(=O)CC. The molecule has 0 aromatic rings. The average molecular weight is 210 g/mol. The van der Waals surface area contributed by atoms with E-state index in [1.165, 1.54) is 0 Å². The van der Waals surface area contributed by atoms with Gasteiger partial charge < -0.3 is 4.74 Å². The van der Waals surface area contributed by atoms with E-state index in [9.17, 15) is 4.79 Å². The lowest BCUT2D eigenvalue weighted by Crippen LogP contribution is -2.05. The lowest BCUT2D eigenvalue weighted by molar-refractivity contribution is -0.141. The fraction of sp³-hybridized carbons (Fsp3) is 0.615. The molecule has 2 atom stereocenters. The van der Waals surface area contributed by atoms with Crippen LogP contribution in [0.5, 0.6) is 0 Å². The minimum atomic E-state index is -0.147. The topological polar surface area (TPSA) is 26.3 Å². The molecule has 0 aliphatic rings. The lowest BCUT2D eigenvalue weighted by Gasteiger charge is -2.13. The van der Waals surface area contributed by atoms with Gasteiger partial charge in [0, 0.05) is 6.42 Å². The summed E-state index contributed by atoms with van der Waals surface area (Å²) >= 11 is 0. The zero-order valence-corrected chi connectivity index (χ0v) is 10.0. The molecule has 0 spiro atoms. The third-order valence-corrected chi connectivity index (χ3v) is 2.50. The summed E-state index contributed by atoms with van der Waals surface area (Å²) in [6, 6.07) is 0. The van der Waals surface area contributed by atoms with Gasteiger partial charge in [-0.1, -0.05) is 39.0 Å². The molecule has 0 saturated carbocycles. The molecule has 2 heteroatoms. The maximum atomic E-state index is 10.8. The van der Waals surface area contributed by atoms with E-state index in [1.807, 2.05) is 12.2 Å². The second kappa shape index (κ2) is 8.27. The van der Waals surface area contributed by atoms with Crippen molar-refractivity contribution in [2.75, 3.05) is 6.61 Å². The summed E-state index contributed by atoms with van der Waals surface area (Å²) in [6.45, 7) is 10.2. The molecule has 0 aliphatic heterocycles. The quantitative estimate of drug-likeness (QED) is 0.476. The molecule has 15 heavy (non-hydrogen) atoms. The van der Waals surface area contributed by atoms with E-state index in [1.54, 1.807) is 6.92 Å². The molecule has 2 nitrogen and oxygen atoms in total. The van der Waals surface area contributed by atoms with Gasteiger partial charge in [0.05, 0.1) is 0 Å². The predicted molar refractivity (Wildman–Crippen MR) is 63.5 cm³/mol. The summed E-state index contributed by atoms with van der Waals surface area (Å²) < 4.78 is 4.94. The van der Waals surface area contributed by atoms with Crippen LogP contribution in [0.1, 0.15) is 33.6 Å². The van der Waals surface area contributed by atoms with Gasteiger partial charge in [-0.15, -0.1) is 6.58 Å². The highest BCUT2D eigenvalue weighted by molar-refractivity contribution is 5.68. The van der Waals surface area contributed by atoms with E-state index >= 15 is 0 Å². The highest BCUT2D eigenvalue weighted by Gasteiger charge is 2.06. The Morgan fingerprint density at radius 2 is 2.13 bits per heavy atom. The number of ether oxygens (including phenoxy) is 1. The van der Waals surface area contributed by atoms with Gasteiger partial charge in [-0.05, 0) is 18.3 Å². The molecular weight excluding hydrogens is 188 g/mol. The minimum absolute atomic E-state index is 0.147. The first-order valence-corrected chi connectivity index (χ1v) is 5.55. The van der Waals surface area contributed by atoms with Crippen molar-refractivity contribution < 1.29 is 9.53 Å². The number of carbonyl (C=O) groups excluding carboxylic acids is 1. The minimum Gasteiger partial charge on any atom is -0.461 e. The van der Waals surface area contributed by atoms with Crippen LogP contribution in [-0.4, -0.2) is 12.6 Å². The van der Waals surface area contributed by atoms with Crippen LogP contribution in [0.15, 0.2) is 24.8 Å². The maximum absolute atomic E-state index is 10.8. The molecule has 0 N–H and O–H groups in total. The molecule has 0 fully saturated rings. The summed E-state index contributed by atoms with van der Waals surface area (Å²) in [5.74, 6) is 0.926. The van der Waals surface area contributed by atoms with Crippen molar-refractivity contribution in [3.63, 3.8) is 0 Å². The van der Waals surface area contributed by atoms with Crippen LogP contribution in [0.25, 0.3) is 0 Å². The molecule has 0 amide bonds. The van der Waals surface area contributed by atoms with Crippen LogP contribution >= 0.6 is 0 Å². The fourth-order valence-corrected chi connectivity index (χ4v) is 1.18. The van der Waals surface area contributed by atoms with Crippen LogP contribution < -0.4 is 0 Å². The molecular formula is C13H22O2. The number of carbonyl (C=O) groups is 1. The Hall–Kier alpha value is -1.05. The van der Waals surface area contributed by atoms with E-state index < -0.39 is 0 Å². The molecule has 86 valence electrons. The van der Waals surface area contributed by atoms with Gasteiger partial charge in [-0.25, -0.2) is 0 Å². The van der Waals surface area contributed by atoms with Gasteiger partial charge in [0.25, 0.3) is 0 Å². The fourth-order valence-electron chi connectivity index (χ4n) is 1.18. The molecule has 0 heterocycles. The zero-order chi connectivity index (χ0) is 11.7. The molecule has 0 aromatic heterocycles. The number of hydrogen-bond acceptors (Lipinski definition) is 2. The summed E-state index contributed by atoms with van der Waals surface area (Å²) in [6.07, 6.45) is 7.40. The van der Waals surface area contributed by atoms with Crippen LogP contribution in [0.3, 0.4) is 0 Å². The third-order valence-electron chi connectivity index (χ3n) is 2.50. The highest BCUT2D eigenvalue weighted by atomic mass is 16.5. The van der Waals surface area contributed by atoms with E-state index in [0.29, 0.717) is 24.9 Å². The monoisotopic (exact) mass is 210 g/mol. The summed E-state index contributed by atoms with van der Waals surface area (Å²) in [7, 11) is 0. The zero-order valence-electron chi connectivity index (χ0n) is 10.0. The van der Waals surface area contributed by atoms with Crippen LogP contribution in [0.4, 0.5) is 0 Å². The van der Waals surface area contributed by atoms with Gasteiger partial charge in [0.2, 0.25) is 0 Å². The maximum Gasteiger partial charge on any atom is 0.305 e. The van der Waals surface area contributed by atoms with Crippen molar-refractivity contribution in [1.82, 2.24) is 0 Å². The van der Waals surface area contributed by atoms with E-state index in [-0.39, 0.29) is 5.97 Å². The number of allylic oxidation sites excluding steroid dienone is 2. The Morgan fingerprint density at radius 3 is 2.67 bits per heavy atom. The van der Waals surface area contributed by atoms with Crippen LogP contribution in [-0.2, 0) is 9.53 Å². The van der Waals surface area contributed by atoms with E-state index in [2.05, 4.69) is 26.5 Å². The van der Waals surface area contributed by atoms with Crippen LogP contribution in [0, 0.1) is 11.8 Å². The summed E-state index contributed by atoms with van der Waals surface area (Å²) in [4.78, 5) is 10.8. The van der Waals surface area contributed by atoms with Crippen molar-refractivity contribution in [3.05, 3.63) is 24.8 Å². The van der Waals surface area contributed by atoms with Gasteiger partial charge in [0.1, 0.15) is 6.61 Å². The number of rotatable bonds is 7. The predicted octanol–water partition coefficient (Wildman–Crippen LogP) is 3.34. The van der Waals surface area contributed by atoms with E-state index in [4.69, 9.17) is 4.74 Å². The second-order valence-corrected chi connectivity index (χ2v) is 3.83. The Bertz CT molecular complexity index is 219. The van der Waals surface area contributed by atoms with Crippen molar-refractivity contribution in [2.24, 2.45) is 11.8 Å². The van der Waals surface area contributed by atoms with Crippen molar-refractivity contribution in [1.29, 1.82) is 0 Å². The Kier molecular flexibility index (Phi) is 7.69. The van der Waals surface area contributed by atoms with Crippen molar-refractivity contribution in [2.45, 2.75) is 33.6 Å². The molecule has 0 saturated heterocycles. The molecule has 0 bridgehead atoms. The molecule has 0 aromatic carbocycles. The van der Waals surface area contributed by atoms with Crippen molar-refractivity contribution >= 4 is 5.97 Å². The third kappa shape index (κ3) is 6.95. The summed E-state index contributed by atoms with van der Waals surface area (Å²) in [5.41, 5.74) is 0. The van der Waals surface area contributed by atoms with E-state index in [0.717, 1.165) is 6.42 Å². The van der Waals surface area contributed by atoms with Gasteiger partial charge in [-0.2, -0.15) is 0 Å². The lowest BCUT2D eigenvalue weighted by atomic mass is 9.93. The average Bonchev–Trinajstić information content (AvgIpc) is 2.23. The Labute approximate surface area is 93.0 Å². The standard InChI is InChI=1S/C13H22O2/c1-5-8-11(3)12(4)9-7-10-15-13(14)6-2/h5,7,9,11-12H,1,6,8,10H2,2-4H3/b9-7+. The first-order valence-electron chi connectivity index (χ1n) is 5.55. The number of hydrogen-bond donors (Lipinski definition) is 0. The van der Waals surface area contributed by atoms with Gasteiger partial charge in [-0.3, -0.25) is 4.79 Å². The number of esters is 1. The molecule has 0 radical (unpaired) electrons. The molecule has 0 aliphatic carbocycles. The molecule has 0 rings (SSSR count). The highest BCUT2D eigenvalue weighted by Crippen LogP contribution is 2.16. The van der Waals surface area contributed by atoms with Gasteiger partial charge >= 0.3 is 5.97 Å². The first-order chi connectivity index (χ1) is 7.11. The Morgan fingerprint density at radius 1 is 1.47 bits per heavy atom. The smallest absolute Gasteiger partial charge is 0.305 e. The summed E-state index contributed by atoms with van der Waals surface area (Å²) in [5, 5.41) is 0. The van der Waals surface area contributed by atoms with Crippen molar-refractivity contribution in [3.8, 4) is 0 Å². The normalized spacial score (nSPS) is 14.9. The first kappa shape index (κ1) is 13.9. The van der Waals surface area contributed by atoms with Gasteiger partial charge in [0.15, 0.2) is 0 Å². The van der Waals surface area contributed by atoms with Crippen LogP contribution in [0.2, 0.25) is 0 Å². The Balaban J connectivity index is 3.75. The largest absolute Gasteiger partial charge is 0.461 e. The molecule has 2 unspecified atom stereocenters. The second-order valence-electron chi connectivity index (χ2n) is 3.83.